The van der Waals surface area contributed by atoms with Gasteiger partial charge in [0.1, 0.15) is 30.3 Å². The zero-order valence-electron chi connectivity index (χ0n) is 33.3. The van der Waals surface area contributed by atoms with E-state index in [1.54, 1.807) is 17.4 Å². The summed E-state index contributed by atoms with van der Waals surface area (Å²) in [5, 5.41) is 30.8. The van der Waals surface area contributed by atoms with Crippen molar-refractivity contribution in [1.82, 2.24) is 36.2 Å². The summed E-state index contributed by atoms with van der Waals surface area (Å²) < 4.78 is 148. The van der Waals surface area contributed by atoms with E-state index >= 15 is 8.78 Å². The van der Waals surface area contributed by atoms with Gasteiger partial charge in [0.25, 0.3) is 12.3 Å². The molecule has 1 heterocycles. The van der Waals surface area contributed by atoms with Crippen molar-refractivity contribution in [2.24, 2.45) is 10.8 Å². The molecule has 62 heavy (non-hydrogen) atoms. The van der Waals surface area contributed by atoms with Crippen molar-refractivity contribution in [1.29, 1.82) is 0 Å². The van der Waals surface area contributed by atoms with Gasteiger partial charge in [0, 0.05) is 34.0 Å². The first-order valence-corrected chi connectivity index (χ1v) is 19.1. The summed E-state index contributed by atoms with van der Waals surface area (Å²) in [5.41, 5.74) is -5.15. The Morgan fingerprint density at radius 1 is 0.855 bits per heavy atom. The lowest BCUT2D eigenvalue weighted by Crippen LogP contribution is -2.63. The van der Waals surface area contributed by atoms with Crippen LogP contribution in [0.5, 0.6) is 0 Å². The zero-order chi connectivity index (χ0) is 47.1. The maximum Gasteiger partial charge on any atom is 0.407 e. The molecule has 0 aliphatic carbocycles. The summed E-state index contributed by atoms with van der Waals surface area (Å²) in [6.07, 6.45) is -18.2. The number of nitrogens with zero attached hydrogens (tertiary/aromatic N) is 3. The number of carboxylic acid groups (broad SMARTS) is 1. The molecule has 3 rings (SSSR count). The Morgan fingerprint density at radius 2 is 1.39 bits per heavy atom. The van der Waals surface area contributed by atoms with Gasteiger partial charge >= 0.3 is 24.5 Å². The number of halogens is 11. The highest BCUT2D eigenvalue weighted by molar-refractivity contribution is 14.1. The minimum absolute atomic E-state index is 0.153. The highest BCUT2D eigenvalue weighted by Gasteiger charge is 2.57. The van der Waals surface area contributed by atoms with Crippen molar-refractivity contribution >= 4 is 46.6 Å². The molecule has 0 fully saturated rings. The SMILES string of the molecule is COC(=O)NC(C(=O)NN(Cc1c(F)cc(-c2ccn(CC(F)F)n2)cc1F)CC(O)C(Cc1ccc(I)cc1)NC(=O)C(NC(=O)O)C(C)(C)C(F)(F)F)C(C)(C)C(F)(F)F. The first-order chi connectivity index (χ1) is 28.5. The third-order valence-electron chi connectivity index (χ3n) is 9.73. The van der Waals surface area contributed by atoms with Gasteiger partial charge in [0.05, 0.1) is 35.8 Å². The molecule has 1 aromatic heterocycles. The number of carbonyl (C=O) groups is 4. The van der Waals surface area contributed by atoms with E-state index in [0.717, 1.165) is 30.1 Å². The molecule has 6 N–H and O–H groups in total. The smallest absolute Gasteiger partial charge is 0.407 e. The van der Waals surface area contributed by atoms with Crippen LogP contribution in [0.4, 0.5) is 53.5 Å². The first-order valence-electron chi connectivity index (χ1n) is 18.0. The predicted molar refractivity (Wildman–Crippen MR) is 207 cm³/mol. The highest BCUT2D eigenvalue weighted by Crippen LogP contribution is 2.42. The van der Waals surface area contributed by atoms with E-state index in [1.165, 1.54) is 23.5 Å². The Bertz CT molecular complexity index is 2030. The lowest BCUT2D eigenvalue weighted by molar-refractivity contribution is -0.221. The van der Waals surface area contributed by atoms with Gasteiger partial charge in [-0.15, -0.1) is 0 Å². The minimum atomic E-state index is -5.20. The lowest BCUT2D eigenvalue weighted by Gasteiger charge is -2.38. The van der Waals surface area contributed by atoms with Crippen LogP contribution in [0.25, 0.3) is 11.3 Å². The number of carbonyl (C=O) groups excluding carboxylic acids is 3. The molecule has 344 valence electrons. The maximum atomic E-state index is 15.8. The number of rotatable bonds is 18. The molecule has 0 saturated heterocycles. The molecule has 0 bridgehead atoms. The third-order valence-corrected chi connectivity index (χ3v) is 10.5. The molecule has 0 radical (unpaired) electrons. The Hall–Kier alpha value is -4.92. The number of aliphatic hydroxyl groups excluding tert-OH is 1. The van der Waals surface area contributed by atoms with Gasteiger partial charge in [0.2, 0.25) is 5.91 Å². The fraction of sp³-hybridized carbons (Fsp3) is 0.486. The van der Waals surface area contributed by atoms with Crippen LogP contribution in [0.15, 0.2) is 48.7 Å². The molecule has 4 atom stereocenters. The normalized spacial score (nSPS) is 14.5. The van der Waals surface area contributed by atoms with Crippen LogP contribution < -0.4 is 21.4 Å². The molecule has 25 heteroatoms. The van der Waals surface area contributed by atoms with Crippen LogP contribution in [0.1, 0.15) is 38.8 Å². The lowest BCUT2D eigenvalue weighted by atomic mass is 9.82. The molecule has 3 aromatic rings. The quantitative estimate of drug-likeness (QED) is 0.0494. The van der Waals surface area contributed by atoms with Crippen molar-refractivity contribution in [2.75, 3.05) is 13.7 Å². The second kappa shape index (κ2) is 20.5. The third kappa shape index (κ3) is 13.3. The number of hydrogen-bond donors (Lipinski definition) is 6. The average molecular weight is 1010 g/mol. The Balaban J connectivity index is 2.15. The number of aromatic nitrogens is 2. The number of benzene rings is 2. The van der Waals surface area contributed by atoms with Crippen molar-refractivity contribution in [3.05, 3.63) is 75.0 Å². The summed E-state index contributed by atoms with van der Waals surface area (Å²) in [4.78, 5) is 51.0. The number of amides is 4. The number of hydrazine groups is 1. The van der Waals surface area contributed by atoms with E-state index in [9.17, 15) is 64.5 Å². The van der Waals surface area contributed by atoms with Crippen molar-refractivity contribution in [3.8, 4) is 11.3 Å². The molecule has 0 spiro atoms. The van der Waals surface area contributed by atoms with E-state index in [4.69, 9.17) is 0 Å². The summed E-state index contributed by atoms with van der Waals surface area (Å²) in [6, 6.07) is 1.94. The monoisotopic (exact) mass is 1010 g/mol. The molecular weight excluding hydrogens is 971 g/mol. The number of alkyl carbamates (subject to hydrolysis) is 1. The summed E-state index contributed by atoms with van der Waals surface area (Å²) in [6.45, 7) is -0.936. The molecule has 0 aliphatic heterocycles. The average Bonchev–Trinajstić information content (AvgIpc) is 3.61. The first kappa shape index (κ1) is 51.4. The fourth-order valence-corrected chi connectivity index (χ4v) is 6.13. The molecule has 0 saturated carbocycles. The van der Waals surface area contributed by atoms with Gasteiger partial charge in [-0.05, 0) is 92.6 Å². The molecule has 2 aromatic carbocycles. The maximum absolute atomic E-state index is 15.8. The zero-order valence-corrected chi connectivity index (χ0v) is 35.4. The Kier molecular flexibility index (Phi) is 17.0. The van der Waals surface area contributed by atoms with Crippen LogP contribution in [-0.4, -0.2) is 106 Å². The van der Waals surface area contributed by atoms with Crippen LogP contribution in [0, 0.1) is 26.0 Å². The van der Waals surface area contributed by atoms with Gasteiger partial charge in [0.15, 0.2) is 0 Å². The molecular formula is C37H42F10IN7O7. The standard InChI is InChI=1S/C37H42F10IN7O7/c1-34(2,36(42,43)44)28(50-32(59)60)30(57)49-25(12-18-6-8-20(48)9-7-18)26(56)16-55(53-31(58)29(51-33(61)62-5)35(3,4)37(45,46)47)15-21-22(38)13-19(14-23(21)39)24-10-11-54(52-24)17-27(40)41/h6-11,13-14,25-29,50,56H,12,15-17H2,1-5H3,(H,49,57)(H,51,61)(H,53,58)(H,59,60). The second-order valence-electron chi connectivity index (χ2n) is 15.0. The van der Waals surface area contributed by atoms with Gasteiger partial charge in [-0.3, -0.25) is 19.7 Å². The van der Waals surface area contributed by atoms with E-state index in [0.29, 0.717) is 41.8 Å². The second-order valence-corrected chi connectivity index (χ2v) is 16.2. The van der Waals surface area contributed by atoms with Crippen molar-refractivity contribution in [3.63, 3.8) is 0 Å². The molecule has 4 amide bonds. The van der Waals surface area contributed by atoms with E-state index in [1.807, 2.05) is 28.0 Å². The number of alkyl halides is 8. The largest absolute Gasteiger partial charge is 0.465 e. The Labute approximate surface area is 360 Å². The number of aliphatic hydroxyl groups is 1. The van der Waals surface area contributed by atoms with Crippen molar-refractivity contribution in [2.45, 2.75) is 90.2 Å². The van der Waals surface area contributed by atoms with Crippen LogP contribution in [0.3, 0.4) is 0 Å². The summed E-state index contributed by atoms with van der Waals surface area (Å²) >= 11 is 1.94. The van der Waals surface area contributed by atoms with Gasteiger partial charge < -0.3 is 30.9 Å². The van der Waals surface area contributed by atoms with Crippen molar-refractivity contribution < 1.29 is 78.0 Å². The fourth-order valence-electron chi connectivity index (χ4n) is 5.77. The molecule has 4 unspecified atom stereocenters. The summed E-state index contributed by atoms with van der Waals surface area (Å²) in [5.74, 6) is -6.03. The van der Waals surface area contributed by atoms with E-state index < -0.39 is 121 Å². The molecule has 0 aliphatic rings. The van der Waals surface area contributed by atoms with E-state index in [2.05, 4.69) is 15.2 Å². The van der Waals surface area contributed by atoms with E-state index in [-0.39, 0.29) is 11.3 Å². The highest BCUT2D eigenvalue weighted by atomic mass is 127. The summed E-state index contributed by atoms with van der Waals surface area (Å²) in [7, 11) is 0.778. The number of nitrogens with one attached hydrogen (secondary N) is 4. The number of ether oxygens (including phenoxy) is 1. The van der Waals surface area contributed by atoms with Gasteiger partial charge in [-0.2, -0.15) is 31.4 Å². The Morgan fingerprint density at radius 3 is 1.87 bits per heavy atom. The van der Waals surface area contributed by atoms with Crippen LogP contribution in [0.2, 0.25) is 0 Å². The van der Waals surface area contributed by atoms with Gasteiger partial charge in [-0.25, -0.2) is 32.2 Å². The number of methoxy groups -OCH3 is 1. The van der Waals surface area contributed by atoms with Crippen LogP contribution in [-0.2, 0) is 33.8 Å². The minimum Gasteiger partial charge on any atom is -0.465 e. The predicted octanol–water partition coefficient (Wildman–Crippen LogP) is 6.16. The molecule has 14 nitrogen and oxygen atoms in total. The van der Waals surface area contributed by atoms with Crippen LogP contribution >= 0.6 is 22.6 Å². The van der Waals surface area contributed by atoms with Gasteiger partial charge in [-0.1, -0.05) is 12.1 Å². The topological polar surface area (TPSA) is 187 Å². The number of hydrogen-bond acceptors (Lipinski definition) is 8.